The minimum Gasteiger partial charge on any atom is -0.366 e. The van der Waals surface area contributed by atoms with Crippen molar-refractivity contribution in [1.29, 1.82) is 0 Å². The molecule has 0 radical (unpaired) electrons. The zero-order chi connectivity index (χ0) is 24.5. The fraction of sp³-hybridized carbons (Fsp3) is 0.522. The molecule has 2 fully saturated rings. The number of primary amides is 1. The summed E-state index contributed by atoms with van der Waals surface area (Å²) in [7, 11) is 2.08. The third kappa shape index (κ3) is 4.84. The number of anilines is 2. The van der Waals surface area contributed by atoms with Gasteiger partial charge in [-0.2, -0.15) is 10.2 Å². The van der Waals surface area contributed by atoms with Gasteiger partial charge in [-0.15, -0.1) is 0 Å². The van der Waals surface area contributed by atoms with Gasteiger partial charge in [0.25, 0.3) is 11.8 Å². The summed E-state index contributed by atoms with van der Waals surface area (Å²) in [4.78, 5) is 32.1. The normalized spacial score (nSPS) is 21.8. The van der Waals surface area contributed by atoms with Crippen LogP contribution in [0.2, 0.25) is 0 Å². The molecule has 186 valence electrons. The van der Waals surface area contributed by atoms with Crippen molar-refractivity contribution in [3.8, 4) is 0 Å². The van der Waals surface area contributed by atoms with E-state index in [1.807, 2.05) is 6.07 Å². The first-order chi connectivity index (χ1) is 16.9. The molecule has 1 saturated carbocycles. The summed E-state index contributed by atoms with van der Waals surface area (Å²) in [6.07, 6.45) is 10.9. The summed E-state index contributed by atoms with van der Waals surface area (Å²) in [5, 5.41) is 14.8. The highest BCUT2D eigenvalue weighted by molar-refractivity contribution is 6.10. The summed E-state index contributed by atoms with van der Waals surface area (Å²) >= 11 is 0. The molecule has 1 aliphatic heterocycles. The Morgan fingerprint density at radius 2 is 1.91 bits per heavy atom. The molecule has 4 heterocycles. The number of nitrogens with zero attached hydrogens (tertiary/aromatic N) is 6. The molecule has 1 aliphatic carbocycles. The molecule has 3 aromatic heterocycles. The van der Waals surface area contributed by atoms with Crippen LogP contribution >= 0.6 is 0 Å². The Balaban J connectivity index is 1.37. The Morgan fingerprint density at radius 1 is 1.14 bits per heavy atom. The van der Waals surface area contributed by atoms with Crippen molar-refractivity contribution in [3.63, 3.8) is 0 Å². The average molecular weight is 481 g/mol. The second-order valence-corrected chi connectivity index (χ2v) is 9.56. The number of carbonyl (C=O) groups excluding carboxylic acids is 2. The molecule has 2 aliphatic rings. The number of aromatic nitrogens is 5. The van der Waals surface area contributed by atoms with E-state index in [1.54, 1.807) is 17.1 Å². The summed E-state index contributed by atoms with van der Waals surface area (Å²) < 4.78 is 3.28. The summed E-state index contributed by atoms with van der Waals surface area (Å²) in [5.41, 5.74) is 12.8. The molecular weight excluding hydrogens is 448 g/mol. The first-order valence-corrected chi connectivity index (χ1v) is 12.1. The van der Waals surface area contributed by atoms with Gasteiger partial charge in [0.15, 0.2) is 11.3 Å². The molecule has 0 bridgehead atoms. The van der Waals surface area contributed by atoms with Crippen LogP contribution < -0.4 is 22.1 Å². The molecule has 35 heavy (non-hydrogen) atoms. The Morgan fingerprint density at radius 3 is 2.66 bits per heavy atom. The molecule has 2 amide bonds. The molecule has 6 N–H and O–H groups in total. The van der Waals surface area contributed by atoms with Crippen LogP contribution in [0.1, 0.15) is 65.4 Å². The molecule has 2 unspecified atom stereocenters. The number of nitrogens with two attached hydrogens (primary N) is 2. The highest BCUT2D eigenvalue weighted by atomic mass is 16.2. The van der Waals surface area contributed by atoms with E-state index in [0.29, 0.717) is 11.5 Å². The van der Waals surface area contributed by atoms with Crippen LogP contribution in [-0.4, -0.2) is 73.3 Å². The van der Waals surface area contributed by atoms with E-state index >= 15 is 0 Å². The van der Waals surface area contributed by atoms with Crippen LogP contribution in [0.15, 0.2) is 24.7 Å². The first-order valence-electron chi connectivity index (χ1n) is 12.1. The molecule has 3 aromatic rings. The number of hydrogen-bond acceptors (Lipinski definition) is 8. The van der Waals surface area contributed by atoms with Gasteiger partial charge in [-0.05, 0) is 51.9 Å². The zero-order valence-electron chi connectivity index (χ0n) is 19.9. The van der Waals surface area contributed by atoms with Crippen LogP contribution in [0.25, 0.3) is 5.65 Å². The third-order valence-electron chi connectivity index (χ3n) is 7.04. The quantitative estimate of drug-likeness (QED) is 0.409. The van der Waals surface area contributed by atoms with E-state index in [2.05, 4.69) is 37.8 Å². The number of rotatable bonds is 6. The van der Waals surface area contributed by atoms with Gasteiger partial charge >= 0.3 is 0 Å². The number of nitrogens with one attached hydrogen (secondary N) is 2. The monoisotopic (exact) mass is 480 g/mol. The van der Waals surface area contributed by atoms with Gasteiger partial charge in [-0.25, -0.2) is 9.50 Å². The van der Waals surface area contributed by atoms with E-state index in [1.165, 1.54) is 10.7 Å². The van der Waals surface area contributed by atoms with Crippen molar-refractivity contribution >= 4 is 29.0 Å². The van der Waals surface area contributed by atoms with Crippen molar-refractivity contribution in [1.82, 2.24) is 29.3 Å². The maximum atomic E-state index is 13.2. The highest BCUT2D eigenvalue weighted by Gasteiger charge is 2.25. The number of piperidine rings is 1. The van der Waals surface area contributed by atoms with E-state index in [4.69, 9.17) is 11.5 Å². The fourth-order valence-electron chi connectivity index (χ4n) is 4.94. The molecule has 1 saturated heterocycles. The van der Waals surface area contributed by atoms with Gasteiger partial charge in [0.1, 0.15) is 11.4 Å². The SMILES string of the molecule is CN1CCC(n2cc(NC(=O)c3cnn4ccc(NC5CCCCC5N)nc34)c(C(N)=O)n2)CC1. The van der Waals surface area contributed by atoms with Crippen molar-refractivity contribution in [2.24, 2.45) is 11.5 Å². The molecule has 0 aromatic carbocycles. The largest absolute Gasteiger partial charge is 0.366 e. The van der Waals surface area contributed by atoms with E-state index in [-0.39, 0.29) is 35.1 Å². The van der Waals surface area contributed by atoms with Crippen LogP contribution in [-0.2, 0) is 0 Å². The van der Waals surface area contributed by atoms with Crippen LogP contribution in [0, 0.1) is 0 Å². The zero-order valence-corrected chi connectivity index (χ0v) is 19.9. The number of fused-ring (bicyclic) bond motifs is 1. The number of likely N-dealkylation sites (tertiary alicyclic amines) is 1. The second-order valence-electron chi connectivity index (χ2n) is 9.56. The molecule has 12 nitrogen and oxygen atoms in total. The van der Waals surface area contributed by atoms with Crippen molar-refractivity contribution in [2.45, 2.75) is 56.7 Å². The maximum absolute atomic E-state index is 13.2. The minimum atomic E-state index is -0.694. The minimum absolute atomic E-state index is 0.0374. The Labute approximate surface area is 203 Å². The Kier molecular flexibility index (Phi) is 6.39. The summed E-state index contributed by atoms with van der Waals surface area (Å²) in [6.45, 7) is 1.88. The topological polar surface area (TPSA) is 161 Å². The molecule has 2 atom stereocenters. The lowest BCUT2D eigenvalue weighted by Gasteiger charge is -2.29. The van der Waals surface area contributed by atoms with Crippen LogP contribution in [0.5, 0.6) is 0 Å². The average Bonchev–Trinajstić information content (AvgIpc) is 3.45. The van der Waals surface area contributed by atoms with Crippen molar-refractivity contribution in [3.05, 3.63) is 35.9 Å². The molecule has 12 heteroatoms. The summed E-state index contributed by atoms with van der Waals surface area (Å²) in [5.74, 6) is -0.493. The Bertz CT molecular complexity index is 1230. The van der Waals surface area contributed by atoms with Gasteiger partial charge in [-0.3, -0.25) is 14.3 Å². The first kappa shape index (κ1) is 23.2. The van der Waals surface area contributed by atoms with Gasteiger partial charge in [0, 0.05) is 24.5 Å². The number of hydrogen-bond donors (Lipinski definition) is 4. The number of carbonyl (C=O) groups is 2. The molecule has 0 spiro atoms. The predicted octanol–water partition coefficient (Wildman–Crippen LogP) is 1.23. The lowest BCUT2D eigenvalue weighted by Crippen LogP contribution is -2.42. The maximum Gasteiger partial charge on any atom is 0.271 e. The van der Waals surface area contributed by atoms with Crippen molar-refractivity contribution in [2.75, 3.05) is 30.8 Å². The van der Waals surface area contributed by atoms with E-state index in [0.717, 1.165) is 51.6 Å². The number of amides is 2. The van der Waals surface area contributed by atoms with Gasteiger partial charge in [0.2, 0.25) is 0 Å². The standard InChI is InChI=1S/C23H32N10O2/c1-31-9-6-14(7-10-31)33-13-18(20(30-33)21(25)34)28-23(35)15-12-26-32-11-8-19(29-22(15)32)27-17-5-3-2-4-16(17)24/h8,11-14,16-17H,2-7,9-10,24H2,1H3,(H2,25,34)(H,27,29)(H,28,35). The van der Waals surface area contributed by atoms with Crippen molar-refractivity contribution < 1.29 is 9.59 Å². The van der Waals surface area contributed by atoms with Gasteiger partial charge in [0.05, 0.1) is 17.9 Å². The Hall–Kier alpha value is -3.51. The smallest absolute Gasteiger partial charge is 0.271 e. The molecular formula is C23H32N10O2. The second kappa shape index (κ2) is 9.62. The third-order valence-corrected chi connectivity index (χ3v) is 7.04. The van der Waals surface area contributed by atoms with E-state index in [9.17, 15) is 9.59 Å². The predicted molar refractivity (Wildman–Crippen MR) is 131 cm³/mol. The summed E-state index contributed by atoms with van der Waals surface area (Å²) in [6, 6.07) is 2.18. The van der Waals surface area contributed by atoms with Crippen LogP contribution in [0.4, 0.5) is 11.5 Å². The highest BCUT2D eigenvalue weighted by Crippen LogP contribution is 2.25. The van der Waals surface area contributed by atoms with E-state index < -0.39 is 11.8 Å². The van der Waals surface area contributed by atoms with Gasteiger partial charge < -0.3 is 27.0 Å². The molecule has 5 rings (SSSR count). The fourth-order valence-corrected chi connectivity index (χ4v) is 4.94. The van der Waals surface area contributed by atoms with Gasteiger partial charge in [-0.1, -0.05) is 12.8 Å². The lowest BCUT2D eigenvalue weighted by atomic mass is 9.91. The van der Waals surface area contributed by atoms with Crippen LogP contribution in [0.3, 0.4) is 0 Å². The lowest BCUT2D eigenvalue weighted by molar-refractivity contribution is 0.0994.